The van der Waals surface area contributed by atoms with Crippen LogP contribution in [-0.4, -0.2) is 13.0 Å². The lowest BCUT2D eigenvalue weighted by Gasteiger charge is -2.09. The van der Waals surface area contributed by atoms with Gasteiger partial charge in [-0.2, -0.15) is 0 Å². The zero-order valence-corrected chi connectivity index (χ0v) is 15.6. The van der Waals surface area contributed by atoms with Crippen molar-refractivity contribution in [3.8, 4) is 0 Å². The number of hydrogen-bond donors (Lipinski definition) is 1. The standard InChI is InChI=1S/C15H12BrFN2O3S2/c1-2-19-13-6-4-10(8-14(13)23-15(19)20)24(21,22)18-12-5-3-9(16)7-11(12)17/h3-8,18H,2H2,1H3. The van der Waals surface area contributed by atoms with Crippen LogP contribution in [0.4, 0.5) is 10.1 Å². The number of nitrogens with zero attached hydrogens (tertiary/aromatic N) is 1. The summed E-state index contributed by atoms with van der Waals surface area (Å²) in [5, 5.41) is 0. The second-order valence-corrected chi connectivity index (χ2v) is 8.56. The Morgan fingerprint density at radius 2 is 2.00 bits per heavy atom. The van der Waals surface area contributed by atoms with Crippen LogP contribution in [0.3, 0.4) is 0 Å². The molecule has 0 bridgehead atoms. The monoisotopic (exact) mass is 430 g/mol. The maximum atomic E-state index is 13.9. The summed E-state index contributed by atoms with van der Waals surface area (Å²) >= 11 is 4.10. The third kappa shape index (κ3) is 3.11. The van der Waals surface area contributed by atoms with Crippen LogP contribution < -0.4 is 9.60 Å². The summed E-state index contributed by atoms with van der Waals surface area (Å²) in [6, 6.07) is 8.46. The summed E-state index contributed by atoms with van der Waals surface area (Å²) in [7, 11) is -3.96. The Hall–Kier alpha value is -1.71. The largest absolute Gasteiger partial charge is 0.308 e. The lowest BCUT2D eigenvalue weighted by atomic mass is 10.3. The van der Waals surface area contributed by atoms with Gasteiger partial charge in [-0.25, -0.2) is 12.8 Å². The molecule has 1 N–H and O–H groups in total. The summed E-state index contributed by atoms with van der Waals surface area (Å²) in [6.45, 7) is 2.35. The van der Waals surface area contributed by atoms with Crippen molar-refractivity contribution in [2.45, 2.75) is 18.4 Å². The highest BCUT2D eigenvalue weighted by Crippen LogP contribution is 2.25. The average molecular weight is 431 g/mol. The van der Waals surface area contributed by atoms with E-state index < -0.39 is 15.8 Å². The van der Waals surface area contributed by atoms with E-state index >= 15 is 0 Å². The van der Waals surface area contributed by atoms with Crippen molar-refractivity contribution in [3.63, 3.8) is 0 Å². The van der Waals surface area contributed by atoms with Gasteiger partial charge in [0.15, 0.2) is 0 Å². The summed E-state index contributed by atoms with van der Waals surface area (Å²) in [5.41, 5.74) is 0.541. The van der Waals surface area contributed by atoms with E-state index in [9.17, 15) is 17.6 Å². The molecule has 0 saturated heterocycles. The fraction of sp³-hybridized carbons (Fsp3) is 0.133. The number of halogens is 2. The van der Waals surface area contributed by atoms with Crippen molar-refractivity contribution in [1.29, 1.82) is 0 Å². The highest BCUT2D eigenvalue weighted by Gasteiger charge is 2.18. The Labute approximate surface area is 149 Å². The number of anilines is 1. The van der Waals surface area contributed by atoms with Gasteiger partial charge in [-0.15, -0.1) is 0 Å². The van der Waals surface area contributed by atoms with Gasteiger partial charge in [-0.1, -0.05) is 27.3 Å². The van der Waals surface area contributed by atoms with Gasteiger partial charge in [0, 0.05) is 11.0 Å². The summed E-state index contributed by atoms with van der Waals surface area (Å²) in [6.07, 6.45) is 0. The first-order valence-electron chi connectivity index (χ1n) is 6.93. The molecule has 1 aromatic heterocycles. The summed E-state index contributed by atoms with van der Waals surface area (Å²) in [5.74, 6) is -0.684. The van der Waals surface area contributed by atoms with Crippen LogP contribution in [0, 0.1) is 5.82 Å². The maximum absolute atomic E-state index is 13.9. The van der Waals surface area contributed by atoms with Crippen LogP contribution in [0.1, 0.15) is 6.92 Å². The number of nitrogens with one attached hydrogen (secondary N) is 1. The minimum atomic E-state index is -3.96. The SMILES string of the molecule is CCn1c(=O)sc2cc(S(=O)(=O)Nc3ccc(Br)cc3F)ccc21. The molecule has 0 radical (unpaired) electrons. The molecule has 5 nitrogen and oxygen atoms in total. The fourth-order valence-corrected chi connectivity index (χ4v) is 4.78. The predicted octanol–water partition coefficient (Wildman–Crippen LogP) is 3.79. The van der Waals surface area contributed by atoms with Crippen molar-refractivity contribution < 1.29 is 12.8 Å². The van der Waals surface area contributed by atoms with Gasteiger partial charge in [-0.05, 0) is 43.3 Å². The van der Waals surface area contributed by atoms with E-state index in [-0.39, 0.29) is 15.5 Å². The minimum absolute atomic E-state index is 0.0261. The normalized spacial score (nSPS) is 11.8. The second kappa shape index (κ2) is 6.30. The number of aromatic nitrogens is 1. The molecule has 0 fully saturated rings. The van der Waals surface area contributed by atoms with Crippen LogP contribution in [0.25, 0.3) is 10.2 Å². The smallest absolute Gasteiger partial charge is 0.299 e. The number of hydrogen-bond acceptors (Lipinski definition) is 4. The molecule has 0 aliphatic heterocycles. The van der Waals surface area contributed by atoms with Crippen LogP contribution in [0.15, 0.2) is 50.6 Å². The summed E-state index contributed by atoms with van der Waals surface area (Å²) < 4.78 is 43.7. The van der Waals surface area contributed by atoms with Gasteiger partial charge < -0.3 is 0 Å². The Bertz CT molecular complexity index is 1090. The number of thiazole rings is 1. The number of aryl methyl sites for hydroxylation is 1. The molecular formula is C15H12BrFN2O3S2. The maximum Gasteiger partial charge on any atom is 0.308 e. The van der Waals surface area contributed by atoms with Gasteiger partial charge in [0.2, 0.25) is 0 Å². The van der Waals surface area contributed by atoms with Crippen molar-refractivity contribution in [3.05, 3.63) is 56.4 Å². The van der Waals surface area contributed by atoms with Crippen molar-refractivity contribution >= 4 is 53.2 Å². The molecule has 1 heterocycles. The molecule has 0 unspecified atom stereocenters. The van der Waals surface area contributed by atoms with Gasteiger partial charge in [0.05, 0.1) is 20.8 Å². The summed E-state index contributed by atoms with van der Waals surface area (Å²) in [4.78, 5) is 11.7. The zero-order chi connectivity index (χ0) is 17.5. The molecule has 0 amide bonds. The molecule has 24 heavy (non-hydrogen) atoms. The van der Waals surface area contributed by atoms with E-state index in [2.05, 4.69) is 20.7 Å². The number of rotatable bonds is 4. The quantitative estimate of drug-likeness (QED) is 0.684. The topological polar surface area (TPSA) is 68.2 Å². The zero-order valence-electron chi connectivity index (χ0n) is 12.4. The molecule has 3 aromatic rings. The van der Waals surface area contributed by atoms with Gasteiger partial charge in [-0.3, -0.25) is 14.1 Å². The first-order chi connectivity index (χ1) is 11.3. The Balaban J connectivity index is 2.03. The van der Waals surface area contributed by atoms with Crippen molar-refractivity contribution in [1.82, 2.24) is 4.57 Å². The fourth-order valence-electron chi connectivity index (χ4n) is 2.29. The van der Waals surface area contributed by atoms with Gasteiger partial charge in [0.1, 0.15) is 5.82 Å². The molecule has 9 heteroatoms. The predicted molar refractivity (Wildman–Crippen MR) is 96.7 cm³/mol. The number of benzene rings is 2. The lowest BCUT2D eigenvalue weighted by Crippen LogP contribution is -2.14. The molecule has 2 aromatic carbocycles. The molecule has 3 rings (SSSR count). The number of fused-ring (bicyclic) bond motifs is 1. The van der Waals surface area contributed by atoms with Crippen LogP contribution in [-0.2, 0) is 16.6 Å². The highest BCUT2D eigenvalue weighted by molar-refractivity contribution is 9.10. The Morgan fingerprint density at radius 3 is 2.67 bits per heavy atom. The molecule has 0 spiro atoms. The van der Waals surface area contributed by atoms with E-state index in [1.807, 2.05) is 6.92 Å². The first kappa shape index (κ1) is 17.1. The van der Waals surface area contributed by atoms with Crippen LogP contribution in [0.2, 0.25) is 0 Å². The third-order valence-electron chi connectivity index (χ3n) is 3.44. The molecule has 0 saturated carbocycles. The van der Waals surface area contributed by atoms with Crippen LogP contribution >= 0.6 is 27.3 Å². The van der Waals surface area contributed by atoms with Crippen LogP contribution in [0.5, 0.6) is 0 Å². The van der Waals surface area contributed by atoms with Gasteiger partial charge in [0.25, 0.3) is 10.0 Å². The minimum Gasteiger partial charge on any atom is -0.299 e. The Kier molecular flexibility index (Phi) is 4.50. The number of sulfonamides is 1. The third-order valence-corrected chi connectivity index (χ3v) is 6.24. The van der Waals surface area contributed by atoms with E-state index in [0.29, 0.717) is 21.2 Å². The van der Waals surface area contributed by atoms with E-state index in [1.165, 1.54) is 30.3 Å². The first-order valence-corrected chi connectivity index (χ1v) is 10.0. The second-order valence-electron chi connectivity index (χ2n) is 4.97. The van der Waals surface area contributed by atoms with E-state index in [1.54, 1.807) is 10.6 Å². The van der Waals surface area contributed by atoms with E-state index in [0.717, 1.165) is 11.3 Å². The molecular weight excluding hydrogens is 419 g/mol. The van der Waals surface area contributed by atoms with Crippen molar-refractivity contribution in [2.75, 3.05) is 4.72 Å². The highest BCUT2D eigenvalue weighted by atomic mass is 79.9. The van der Waals surface area contributed by atoms with Crippen molar-refractivity contribution in [2.24, 2.45) is 0 Å². The average Bonchev–Trinajstić information content (AvgIpc) is 2.84. The molecule has 0 aliphatic rings. The van der Waals surface area contributed by atoms with E-state index in [4.69, 9.17) is 0 Å². The molecule has 126 valence electrons. The van der Waals surface area contributed by atoms with Gasteiger partial charge >= 0.3 is 4.87 Å². The Morgan fingerprint density at radius 1 is 1.25 bits per heavy atom. The molecule has 0 atom stereocenters. The molecule has 0 aliphatic carbocycles. The lowest BCUT2D eigenvalue weighted by molar-refractivity contribution is 0.598.